The van der Waals surface area contributed by atoms with Crippen molar-refractivity contribution in [1.82, 2.24) is 4.90 Å². The molecule has 0 saturated carbocycles. The molecule has 0 aromatic heterocycles. The van der Waals surface area contributed by atoms with E-state index in [9.17, 15) is 13.6 Å². The smallest absolute Gasteiger partial charge is 0.320 e. The van der Waals surface area contributed by atoms with Gasteiger partial charge in [0.25, 0.3) is 0 Å². The first-order valence-electron chi connectivity index (χ1n) is 4.78. The van der Waals surface area contributed by atoms with Crippen molar-refractivity contribution >= 4 is 5.97 Å². The van der Waals surface area contributed by atoms with E-state index >= 15 is 0 Å². The molecule has 0 aliphatic rings. The normalized spacial score (nSPS) is 12.8. The van der Waals surface area contributed by atoms with E-state index in [0.717, 1.165) is 18.2 Å². The van der Waals surface area contributed by atoms with Crippen molar-refractivity contribution in [1.29, 1.82) is 0 Å². The van der Waals surface area contributed by atoms with E-state index in [1.54, 1.807) is 7.05 Å². The molecular formula is C11H13F2NO2. The number of carboxylic acid groups (broad SMARTS) is 1. The second-order valence-electron chi connectivity index (χ2n) is 3.67. The third kappa shape index (κ3) is 3.00. The van der Waals surface area contributed by atoms with Crippen molar-refractivity contribution in [2.45, 2.75) is 19.5 Å². The zero-order valence-electron chi connectivity index (χ0n) is 9.08. The predicted octanol–water partition coefficient (Wildman–Crippen LogP) is 1.87. The van der Waals surface area contributed by atoms with E-state index in [2.05, 4.69) is 0 Å². The summed E-state index contributed by atoms with van der Waals surface area (Å²) >= 11 is 0. The van der Waals surface area contributed by atoms with Crippen LogP contribution in [0.5, 0.6) is 0 Å². The molecule has 1 unspecified atom stereocenters. The highest BCUT2D eigenvalue weighted by molar-refractivity contribution is 5.72. The van der Waals surface area contributed by atoms with Gasteiger partial charge in [-0.25, -0.2) is 8.78 Å². The van der Waals surface area contributed by atoms with E-state index in [1.165, 1.54) is 11.8 Å². The molecule has 0 aliphatic carbocycles. The standard InChI is InChI=1S/C11H13F2NO2/c1-7(11(15)16)14(2)6-8-5-9(12)3-4-10(8)13/h3-5,7H,6H2,1-2H3,(H,15,16). The monoisotopic (exact) mass is 229 g/mol. The summed E-state index contributed by atoms with van der Waals surface area (Å²) < 4.78 is 26.1. The van der Waals surface area contributed by atoms with Crippen molar-refractivity contribution in [3.05, 3.63) is 35.4 Å². The summed E-state index contributed by atoms with van der Waals surface area (Å²) in [6, 6.07) is 2.38. The Labute approximate surface area is 92.3 Å². The van der Waals surface area contributed by atoms with E-state index in [-0.39, 0.29) is 12.1 Å². The molecule has 0 bridgehead atoms. The van der Waals surface area contributed by atoms with Gasteiger partial charge in [0.05, 0.1) is 0 Å². The third-order valence-electron chi connectivity index (χ3n) is 2.45. The van der Waals surface area contributed by atoms with Crippen molar-refractivity contribution in [3.63, 3.8) is 0 Å². The first-order chi connectivity index (χ1) is 7.41. The van der Waals surface area contributed by atoms with Crippen LogP contribution in [0, 0.1) is 11.6 Å². The zero-order valence-corrected chi connectivity index (χ0v) is 9.08. The third-order valence-corrected chi connectivity index (χ3v) is 2.45. The van der Waals surface area contributed by atoms with Gasteiger partial charge in [-0.05, 0) is 32.2 Å². The molecule has 5 heteroatoms. The number of hydrogen-bond acceptors (Lipinski definition) is 2. The van der Waals surface area contributed by atoms with Crippen LogP contribution in [0.1, 0.15) is 12.5 Å². The highest BCUT2D eigenvalue weighted by atomic mass is 19.1. The Kier molecular flexibility index (Phi) is 3.95. The highest BCUT2D eigenvalue weighted by Crippen LogP contribution is 2.13. The summed E-state index contributed by atoms with van der Waals surface area (Å²) in [4.78, 5) is 12.1. The second-order valence-corrected chi connectivity index (χ2v) is 3.67. The van der Waals surface area contributed by atoms with Gasteiger partial charge in [-0.3, -0.25) is 9.69 Å². The lowest BCUT2D eigenvalue weighted by Crippen LogP contribution is -2.35. The van der Waals surface area contributed by atoms with Gasteiger partial charge in [-0.15, -0.1) is 0 Å². The predicted molar refractivity (Wildman–Crippen MR) is 54.9 cm³/mol. The maximum Gasteiger partial charge on any atom is 0.320 e. The molecule has 0 radical (unpaired) electrons. The van der Waals surface area contributed by atoms with Crippen LogP contribution < -0.4 is 0 Å². The van der Waals surface area contributed by atoms with Crippen LogP contribution >= 0.6 is 0 Å². The number of halogens is 2. The fraction of sp³-hybridized carbons (Fsp3) is 0.364. The molecule has 1 rings (SSSR count). The van der Waals surface area contributed by atoms with Gasteiger partial charge in [0, 0.05) is 12.1 Å². The number of likely N-dealkylation sites (N-methyl/N-ethyl adjacent to an activating group) is 1. The van der Waals surface area contributed by atoms with Gasteiger partial charge < -0.3 is 5.11 Å². The lowest BCUT2D eigenvalue weighted by molar-refractivity contribution is -0.142. The maximum absolute atomic E-state index is 13.3. The van der Waals surface area contributed by atoms with Crippen molar-refractivity contribution in [2.75, 3.05) is 7.05 Å². The molecule has 1 atom stereocenters. The number of benzene rings is 1. The average Bonchev–Trinajstić information content (AvgIpc) is 2.22. The van der Waals surface area contributed by atoms with E-state index < -0.39 is 23.6 Å². The van der Waals surface area contributed by atoms with Crippen LogP contribution in [-0.2, 0) is 11.3 Å². The molecule has 16 heavy (non-hydrogen) atoms. The largest absolute Gasteiger partial charge is 0.480 e. The van der Waals surface area contributed by atoms with Gasteiger partial charge >= 0.3 is 5.97 Å². The lowest BCUT2D eigenvalue weighted by Gasteiger charge is -2.21. The van der Waals surface area contributed by atoms with Crippen molar-refractivity contribution < 1.29 is 18.7 Å². The number of carboxylic acids is 1. The molecule has 0 aliphatic heterocycles. The Morgan fingerprint density at radius 3 is 2.69 bits per heavy atom. The maximum atomic E-state index is 13.3. The lowest BCUT2D eigenvalue weighted by atomic mass is 10.1. The number of aliphatic carboxylic acids is 1. The van der Waals surface area contributed by atoms with Crippen LogP contribution in [0.15, 0.2) is 18.2 Å². The summed E-state index contributed by atoms with van der Waals surface area (Å²) in [6.07, 6.45) is 0. The summed E-state index contributed by atoms with van der Waals surface area (Å²) in [5.41, 5.74) is 0.149. The van der Waals surface area contributed by atoms with E-state index in [4.69, 9.17) is 5.11 Å². The minimum atomic E-state index is -1.00. The Hall–Kier alpha value is -1.49. The van der Waals surface area contributed by atoms with Gasteiger partial charge in [-0.2, -0.15) is 0 Å². The minimum Gasteiger partial charge on any atom is -0.480 e. The molecule has 1 aromatic rings. The van der Waals surface area contributed by atoms with Crippen LogP contribution in [-0.4, -0.2) is 29.1 Å². The van der Waals surface area contributed by atoms with Crippen molar-refractivity contribution in [3.8, 4) is 0 Å². The van der Waals surface area contributed by atoms with Crippen LogP contribution in [0.25, 0.3) is 0 Å². The SMILES string of the molecule is CC(C(=O)O)N(C)Cc1cc(F)ccc1F. The topological polar surface area (TPSA) is 40.5 Å². The number of nitrogens with zero attached hydrogens (tertiary/aromatic N) is 1. The van der Waals surface area contributed by atoms with Crippen LogP contribution in [0.4, 0.5) is 8.78 Å². The van der Waals surface area contributed by atoms with Gasteiger partial charge in [0.2, 0.25) is 0 Å². The molecule has 0 fully saturated rings. The van der Waals surface area contributed by atoms with Crippen molar-refractivity contribution in [2.24, 2.45) is 0 Å². The molecule has 88 valence electrons. The van der Waals surface area contributed by atoms with E-state index in [0.29, 0.717) is 0 Å². The molecule has 0 amide bonds. The summed E-state index contributed by atoms with van der Waals surface area (Å²) in [5.74, 6) is -2.07. The van der Waals surface area contributed by atoms with Crippen LogP contribution in [0.2, 0.25) is 0 Å². The molecule has 1 N–H and O–H groups in total. The van der Waals surface area contributed by atoms with E-state index in [1.807, 2.05) is 0 Å². The first-order valence-corrected chi connectivity index (χ1v) is 4.78. The van der Waals surface area contributed by atoms with Crippen LogP contribution in [0.3, 0.4) is 0 Å². The molecule has 1 aromatic carbocycles. The van der Waals surface area contributed by atoms with Gasteiger partial charge in [-0.1, -0.05) is 0 Å². The number of rotatable bonds is 4. The summed E-state index contributed by atoms with van der Waals surface area (Å²) in [6.45, 7) is 1.54. The molecule has 3 nitrogen and oxygen atoms in total. The minimum absolute atomic E-state index is 0.0526. The molecule has 0 heterocycles. The Bertz CT molecular complexity index is 396. The Morgan fingerprint density at radius 2 is 2.12 bits per heavy atom. The second kappa shape index (κ2) is 5.03. The van der Waals surface area contributed by atoms with Gasteiger partial charge in [0.1, 0.15) is 17.7 Å². The summed E-state index contributed by atoms with van der Waals surface area (Å²) in [5, 5.41) is 8.74. The fourth-order valence-electron chi connectivity index (χ4n) is 1.26. The number of carbonyl (C=O) groups is 1. The Morgan fingerprint density at radius 1 is 1.50 bits per heavy atom. The molecule has 0 saturated heterocycles. The quantitative estimate of drug-likeness (QED) is 0.856. The molecular weight excluding hydrogens is 216 g/mol. The fourth-order valence-corrected chi connectivity index (χ4v) is 1.26. The number of hydrogen-bond donors (Lipinski definition) is 1. The highest BCUT2D eigenvalue weighted by Gasteiger charge is 2.18. The summed E-state index contributed by atoms with van der Waals surface area (Å²) in [7, 11) is 1.54. The first kappa shape index (κ1) is 12.6. The van der Waals surface area contributed by atoms with Gasteiger partial charge in [0.15, 0.2) is 0 Å². The zero-order chi connectivity index (χ0) is 12.3. The molecule has 0 spiro atoms. The Balaban J connectivity index is 2.80. The average molecular weight is 229 g/mol.